The average Bonchev–Trinajstić information content (AvgIpc) is 2.38. The van der Waals surface area contributed by atoms with E-state index in [0.717, 1.165) is 43.9 Å². The van der Waals surface area contributed by atoms with Crippen LogP contribution in [0.2, 0.25) is 0 Å². The number of aryl methyl sites for hydroxylation is 1. The van der Waals surface area contributed by atoms with E-state index in [-0.39, 0.29) is 0 Å². The van der Waals surface area contributed by atoms with Crippen LogP contribution in [0.25, 0.3) is 0 Å². The van der Waals surface area contributed by atoms with Crippen molar-refractivity contribution in [3.63, 3.8) is 0 Å². The summed E-state index contributed by atoms with van der Waals surface area (Å²) in [6.07, 6.45) is 2.04. The van der Waals surface area contributed by atoms with E-state index in [1.807, 2.05) is 13.0 Å². The molecule has 1 aliphatic rings. The Bertz CT molecular complexity index is 452. The number of carboxylic acid groups (broad SMARTS) is 1. The molecule has 0 spiro atoms. The summed E-state index contributed by atoms with van der Waals surface area (Å²) in [6, 6.07) is 1.95. The summed E-state index contributed by atoms with van der Waals surface area (Å²) >= 11 is 0. The average molecular weight is 279 g/mol. The van der Waals surface area contributed by atoms with Crippen LogP contribution in [0, 0.1) is 12.8 Å². The van der Waals surface area contributed by atoms with Crippen LogP contribution in [0.4, 0.5) is 16.6 Å². The summed E-state index contributed by atoms with van der Waals surface area (Å²) in [5.74, 6) is 1.77. The fourth-order valence-electron chi connectivity index (χ4n) is 2.57. The summed E-state index contributed by atoms with van der Waals surface area (Å²) in [5, 5.41) is 11.0. The number of hydrogen-bond acceptors (Lipinski definition) is 5. The Balaban J connectivity index is 1.83. The van der Waals surface area contributed by atoms with E-state index >= 15 is 0 Å². The van der Waals surface area contributed by atoms with Gasteiger partial charge in [0.2, 0.25) is 5.95 Å². The fraction of sp³-hybridized carbons (Fsp3) is 0.615. The normalized spacial score (nSPS) is 16.1. The molecule has 2 rings (SSSR count). The summed E-state index contributed by atoms with van der Waals surface area (Å²) in [7, 11) is 0. The lowest BCUT2D eigenvalue weighted by molar-refractivity contribution is 0.193. The van der Waals surface area contributed by atoms with Crippen LogP contribution in [-0.4, -0.2) is 40.8 Å². The number of nitrogen functional groups attached to an aromatic ring is 1. The van der Waals surface area contributed by atoms with Crippen LogP contribution in [0.3, 0.4) is 0 Å². The van der Waals surface area contributed by atoms with Crippen molar-refractivity contribution in [2.45, 2.75) is 26.2 Å². The van der Waals surface area contributed by atoms with Gasteiger partial charge >= 0.3 is 6.09 Å². The maximum absolute atomic E-state index is 10.4. The third-order valence-electron chi connectivity index (χ3n) is 3.63. The van der Waals surface area contributed by atoms with Crippen molar-refractivity contribution in [2.75, 3.05) is 30.3 Å². The second-order valence-electron chi connectivity index (χ2n) is 5.18. The van der Waals surface area contributed by atoms with Crippen LogP contribution in [0.15, 0.2) is 6.07 Å². The Labute approximate surface area is 118 Å². The SMILES string of the molecule is Cc1cc(N2CCC(CCNC(=O)O)CC2)nc(N)n1. The van der Waals surface area contributed by atoms with Crippen LogP contribution in [-0.2, 0) is 0 Å². The lowest BCUT2D eigenvalue weighted by atomic mass is 9.93. The first-order valence-corrected chi connectivity index (χ1v) is 6.87. The van der Waals surface area contributed by atoms with E-state index in [1.54, 1.807) is 0 Å². The zero-order valence-electron chi connectivity index (χ0n) is 11.7. The molecule has 7 nitrogen and oxygen atoms in total. The van der Waals surface area contributed by atoms with Gasteiger partial charge < -0.3 is 21.1 Å². The third kappa shape index (κ3) is 3.97. The van der Waals surface area contributed by atoms with Gasteiger partial charge in [-0.1, -0.05) is 0 Å². The Hall–Kier alpha value is -2.05. The molecule has 1 saturated heterocycles. The van der Waals surface area contributed by atoms with Gasteiger partial charge in [-0.25, -0.2) is 9.78 Å². The Kier molecular flexibility index (Phi) is 4.60. The fourth-order valence-corrected chi connectivity index (χ4v) is 2.57. The van der Waals surface area contributed by atoms with Crippen LogP contribution >= 0.6 is 0 Å². The second-order valence-corrected chi connectivity index (χ2v) is 5.18. The van der Waals surface area contributed by atoms with Gasteiger partial charge in [0.15, 0.2) is 0 Å². The number of anilines is 2. The number of amides is 1. The number of nitrogens with one attached hydrogen (secondary N) is 1. The van der Waals surface area contributed by atoms with Gasteiger partial charge in [-0.15, -0.1) is 0 Å². The van der Waals surface area contributed by atoms with Crippen LogP contribution in [0.5, 0.6) is 0 Å². The maximum atomic E-state index is 10.4. The van der Waals surface area contributed by atoms with E-state index in [1.165, 1.54) is 0 Å². The third-order valence-corrected chi connectivity index (χ3v) is 3.63. The molecule has 1 amide bonds. The number of hydrogen-bond donors (Lipinski definition) is 3. The molecule has 0 aromatic carbocycles. The first kappa shape index (κ1) is 14.4. The van der Waals surface area contributed by atoms with E-state index in [4.69, 9.17) is 10.8 Å². The molecule has 1 fully saturated rings. The molecule has 20 heavy (non-hydrogen) atoms. The number of piperidine rings is 1. The monoisotopic (exact) mass is 279 g/mol. The van der Waals surface area contributed by atoms with Crippen molar-refractivity contribution in [2.24, 2.45) is 5.92 Å². The van der Waals surface area contributed by atoms with Gasteiger partial charge in [0.05, 0.1) is 0 Å². The van der Waals surface area contributed by atoms with Gasteiger partial charge in [0.1, 0.15) is 5.82 Å². The Morgan fingerprint density at radius 1 is 1.50 bits per heavy atom. The zero-order valence-corrected chi connectivity index (χ0v) is 11.7. The molecule has 0 radical (unpaired) electrons. The number of nitrogens with two attached hydrogens (primary N) is 1. The summed E-state index contributed by atoms with van der Waals surface area (Å²) in [4.78, 5) is 21.0. The molecule has 110 valence electrons. The molecule has 0 unspecified atom stereocenters. The minimum Gasteiger partial charge on any atom is -0.465 e. The molecular weight excluding hydrogens is 258 g/mol. The number of rotatable bonds is 4. The van der Waals surface area contributed by atoms with Crippen molar-refractivity contribution < 1.29 is 9.90 Å². The molecule has 1 aromatic heterocycles. The molecule has 1 aliphatic heterocycles. The lowest BCUT2D eigenvalue weighted by Gasteiger charge is -2.32. The summed E-state index contributed by atoms with van der Waals surface area (Å²) in [6.45, 7) is 4.28. The minimum absolute atomic E-state index is 0.313. The Morgan fingerprint density at radius 2 is 2.20 bits per heavy atom. The highest BCUT2D eigenvalue weighted by molar-refractivity contribution is 5.64. The van der Waals surface area contributed by atoms with Crippen LogP contribution in [0.1, 0.15) is 25.0 Å². The summed E-state index contributed by atoms with van der Waals surface area (Å²) < 4.78 is 0. The topological polar surface area (TPSA) is 104 Å². The van der Waals surface area contributed by atoms with Crippen molar-refractivity contribution in [1.29, 1.82) is 0 Å². The largest absolute Gasteiger partial charge is 0.465 e. The number of carbonyl (C=O) groups is 1. The second kappa shape index (κ2) is 6.40. The number of nitrogens with zero attached hydrogens (tertiary/aromatic N) is 3. The van der Waals surface area contributed by atoms with E-state index in [9.17, 15) is 4.79 Å². The maximum Gasteiger partial charge on any atom is 0.404 e. The summed E-state index contributed by atoms with van der Waals surface area (Å²) in [5.41, 5.74) is 6.55. The molecule has 2 heterocycles. The molecule has 1 aromatic rings. The van der Waals surface area contributed by atoms with Gasteiger partial charge in [0.25, 0.3) is 0 Å². The molecule has 4 N–H and O–H groups in total. The van der Waals surface area contributed by atoms with E-state index < -0.39 is 6.09 Å². The molecule has 0 saturated carbocycles. The van der Waals surface area contributed by atoms with Crippen molar-refractivity contribution in [3.8, 4) is 0 Å². The quantitative estimate of drug-likeness (QED) is 0.766. The predicted molar refractivity (Wildman–Crippen MR) is 76.8 cm³/mol. The van der Waals surface area contributed by atoms with Gasteiger partial charge in [-0.05, 0) is 32.1 Å². The molecule has 7 heteroatoms. The number of aromatic nitrogens is 2. The minimum atomic E-state index is -0.950. The van der Waals surface area contributed by atoms with E-state index in [0.29, 0.717) is 18.4 Å². The van der Waals surface area contributed by atoms with Gasteiger partial charge in [-0.3, -0.25) is 0 Å². The first-order chi connectivity index (χ1) is 9.54. The molecule has 0 bridgehead atoms. The highest BCUT2D eigenvalue weighted by Crippen LogP contribution is 2.24. The van der Waals surface area contributed by atoms with Crippen molar-refractivity contribution >= 4 is 17.9 Å². The highest BCUT2D eigenvalue weighted by atomic mass is 16.4. The van der Waals surface area contributed by atoms with Gasteiger partial charge in [0, 0.05) is 31.4 Å². The highest BCUT2D eigenvalue weighted by Gasteiger charge is 2.20. The Morgan fingerprint density at radius 3 is 2.80 bits per heavy atom. The van der Waals surface area contributed by atoms with Gasteiger partial charge in [-0.2, -0.15) is 4.98 Å². The van der Waals surface area contributed by atoms with Crippen molar-refractivity contribution in [3.05, 3.63) is 11.8 Å². The van der Waals surface area contributed by atoms with E-state index in [2.05, 4.69) is 20.2 Å². The molecule has 0 aliphatic carbocycles. The molecule has 0 atom stereocenters. The predicted octanol–water partition coefficient (Wildman–Crippen LogP) is 1.24. The lowest BCUT2D eigenvalue weighted by Crippen LogP contribution is -2.35. The van der Waals surface area contributed by atoms with Crippen molar-refractivity contribution in [1.82, 2.24) is 15.3 Å². The molecular formula is C13H21N5O2. The first-order valence-electron chi connectivity index (χ1n) is 6.87. The van der Waals surface area contributed by atoms with Crippen LogP contribution < -0.4 is 16.0 Å². The standard InChI is InChI=1S/C13H21N5O2/c1-9-8-11(17-12(14)16-9)18-6-3-10(4-7-18)2-5-15-13(19)20/h8,10,15H,2-7H2,1H3,(H,19,20)(H2,14,16,17). The smallest absolute Gasteiger partial charge is 0.404 e. The zero-order chi connectivity index (χ0) is 14.5.